The van der Waals surface area contributed by atoms with E-state index in [1.807, 2.05) is 30.1 Å². The van der Waals surface area contributed by atoms with Crippen molar-refractivity contribution >= 4 is 23.0 Å². The molecule has 1 rings (SSSR count). The van der Waals surface area contributed by atoms with Crippen molar-refractivity contribution < 1.29 is 8.17 Å². The van der Waals surface area contributed by atoms with Crippen molar-refractivity contribution in [3.8, 4) is 0 Å². The Bertz CT molecular complexity index is 112. The first-order chi connectivity index (χ1) is 4.74. The summed E-state index contributed by atoms with van der Waals surface area (Å²) in [5.41, 5.74) is 0. The van der Waals surface area contributed by atoms with Gasteiger partial charge in [0.2, 0.25) is 0 Å². The minimum absolute atomic E-state index is 0.151. The number of aliphatic hydroxyl groups is 1. The monoisotopic (exact) mass is 257 g/mol. The molecule has 1 aliphatic rings. The van der Waals surface area contributed by atoms with E-state index in [9.17, 15) is 5.11 Å². The number of halogens is 1. The summed E-state index contributed by atoms with van der Waals surface area (Å²) in [5.74, 6) is 0. The number of nitrogens with zero attached hydrogens (tertiary/aromatic N) is 1. The zero-order chi connectivity index (χ0) is 7.56. The highest BCUT2D eigenvalue weighted by molar-refractivity contribution is 14.1. The predicted molar refractivity (Wildman–Crippen MR) is 47.0 cm³/mol. The topological polar surface area (TPSA) is 32.7 Å². The lowest BCUT2D eigenvalue weighted by molar-refractivity contribution is 0.182. The Kier molecular flexibility index (Phi) is 3.35. The largest absolute Gasteiger partial charge is 0.392 e. The van der Waals surface area contributed by atoms with Crippen molar-refractivity contribution in [2.45, 2.75) is 18.6 Å². The van der Waals surface area contributed by atoms with E-state index in [1.54, 1.807) is 0 Å². The standard InChI is InChI=1S/C6H12INO2/c1-8-3-6(9)2-5(8)4-10-7/h5-6,9H,2-4H2,1H3/t5-,6+/m0/s1. The van der Waals surface area contributed by atoms with Crippen LogP contribution in [-0.2, 0) is 3.07 Å². The molecule has 10 heavy (non-hydrogen) atoms. The summed E-state index contributed by atoms with van der Waals surface area (Å²) >= 11 is 1.89. The van der Waals surface area contributed by atoms with Crippen LogP contribution in [0.1, 0.15) is 6.42 Å². The van der Waals surface area contributed by atoms with Gasteiger partial charge in [-0.05, 0) is 13.5 Å². The molecule has 0 radical (unpaired) electrons. The van der Waals surface area contributed by atoms with E-state index < -0.39 is 0 Å². The molecule has 0 amide bonds. The molecule has 1 N–H and O–H groups in total. The lowest BCUT2D eigenvalue weighted by atomic mass is 10.2. The van der Waals surface area contributed by atoms with Crippen LogP contribution in [0.5, 0.6) is 0 Å². The van der Waals surface area contributed by atoms with E-state index >= 15 is 0 Å². The van der Waals surface area contributed by atoms with Crippen LogP contribution in [0.25, 0.3) is 0 Å². The predicted octanol–water partition coefficient (Wildman–Crippen LogP) is 0.418. The summed E-state index contributed by atoms with van der Waals surface area (Å²) in [6.07, 6.45) is 0.695. The van der Waals surface area contributed by atoms with Gasteiger partial charge in [0.1, 0.15) is 23.0 Å². The number of aliphatic hydroxyl groups excluding tert-OH is 1. The Morgan fingerprint density at radius 3 is 2.90 bits per heavy atom. The molecule has 60 valence electrons. The van der Waals surface area contributed by atoms with Crippen molar-refractivity contribution in [3.05, 3.63) is 0 Å². The van der Waals surface area contributed by atoms with Gasteiger partial charge in [-0.3, -0.25) is 4.90 Å². The van der Waals surface area contributed by atoms with E-state index in [1.165, 1.54) is 0 Å². The van der Waals surface area contributed by atoms with Gasteiger partial charge in [0.25, 0.3) is 0 Å². The molecule has 0 aromatic heterocycles. The zero-order valence-electron chi connectivity index (χ0n) is 5.96. The van der Waals surface area contributed by atoms with Crippen molar-refractivity contribution in [3.63, 3.8) is 0 Å². The molecule has 0 unspecified atom stereocenters. The van der Waals surface area contributed by atoms with Gasteiger partial charge in [-0.25, -0.2) is 0 Å². The fourth-order valence-electron chi connectivity index (χ4n) is 1.32. The first-order valence-electron chi connectivity index (χ1n) is 3.36. The second kappa shape index (κ2) is 3.85. The van der Waals surface area contributed by atoms with E-state index in [2.05, 4.69) is 4.90 Å². The highest BCUT2D eigenvalue weighted by Gasteiger charge is 2.27. The van der Waals surface area contributed by atoms with Gasteiger partial charge in [0.15, 0.2) is 0 Å². The van der Waals surface area contributed by atoms with E-state index in [-0.39, 0.29) is 6.10 Å². The van der Waals surface area contributed by atoms with Crippen LogP contribution in [0.2, 0.25) is 0 Å². The number of rotatable bonds is 2. The highest BCUT2D eigenvalue weighted by atomic mass is 127. The Morgan fingerprint density at radius 1 is 1.80 bits per heavy atom. The highest BCUT2D eigenvalue weighted by Crippen LogP contribution is 2.16. The van der Waals surface area contributed by atoms with E-state index in [0.29, 0.717) is 12.6 Å². The van der Waals surface area contributed by atoms with Gasteiger partial charge < -0.3 is 8.17 Å². The summed E-state index contributed by atoms with van der Waals surface area (Å²) in [4.78, 5) is 2.13. The van der Waals surface area contributed by atoms with Gasteiger partial charge in [0.05, 0.1) is 12.7 Å². The van der Waals surface area contributed by atoms with Gasteiger partial charge in [-0.2, -0.15) is 0 Å². The van der Waals surface area contributed by atoms with Gasteiger partial charge >= 0.3 is 0 Å². The van der Waals surface area contributed by atoms with Crippen LogP contribution in [0.15, 0.2) is 0 Å². The smallest absolute Gasteiger partial charge is 0.109 e. The minimum atomic E-state index is -0.151. The zero-order valence-corrected chi connectivity index (χ0v) is 8.11. The molecule has 0 aromatic carbocycles. The fraction of sp³-hybridized carbons (Fsp3) is 1.00. The normalized spacial score (nSPS) is 35.1. The molecule has 0 aromatic rings. The molecule has 0 saturated carbocycles. The number of hydrogen-bond donors (Lipinski definition) is 1. The molecule has 0 bridgehead atoms. The van der Waals surface area contributed by atoms with Crippen LogP contribution in [0, 0.1) is 0 Å². The fourth-order valence-corrected chi connectivity index (χ4v) is 1.73. The Labute approximate surface area is 75.0 Å². The molecule has 1 heterocycles. The SMILES string of the molecule is CN1C[C@H](O)C[C@H]1COI. The Morgan fingerprint density at radius 2 is 2.50 bits per heavy atom. The lowest BCUT2D eigenvalue weighted by Gasteiger charge is -2.16. The maximum atomic E-state index is 9.20. The van der Waals surface area contributed by atoms with Crippen LogP contribution < -0.4 is 0 Å². The van der Waals surface area contributed by atoms with Crippen molar-refractivity contribution in [1.29, 1.82) is 0 Å². The van der Waals surface area contributed by atoms with Crippen LogP contribution in [0.4, 0.5) is 0 Å². The average molecular weight is 257 g/mol. The first-order valence-corrected chi connectivity index (χ1v) is 4.24. The van der Waals surface area contributed by atoms with E-state index in [0.717, 1.165) is 13.0 Å². The molecule has 4 heteroatoms. The number of hydrogen-bond acceptors (Lipinski definition) is 3. The number of β-amino-alcohol motifs (C(OH)–C–C–N with tert-alkyl or cyclic N) is 1. The molecular weight excluding hydrogens is 245 g/mol. The third kappa shape index (κ3) is 2.05. The van der Waals surface area contributed by atoms with Gasteiger partial charge in [0, 0.05) is 12.6 Å². The molecular formula is C6H12INO2. The molecule has 1 fully saturated rings. The Balaban J connectivity index is 2.31. The van der Waals surface area contributed by atoms with Gasteiger partial charge in [-0.1, -0.05) is 0 Å². The van der Waals surface area contributed by atoms with Crippen molar-refractivity contribution in [2.24, 2.45) is 0 Å². The molecule has 3 nitrogen and oxygen atoms in total. The maximum Gasteiger partial charge on any atom is 0.109 e. The number of likely N-dealkylation sites (N-methyl/N-ethyl adjacent to an activating group) is 1. The van der Waals surface area contributed by atoms with E-state index in [4.69, 9.17) is 3.07 Å². The summed E-state index contributed by atoms with van der Waals surface area (Å²) in [5, 5.41) is 9.20. The summed E-state index contributed by atoms with van der Waals surface area (Å²) in [6.45, 7) is 1.50. The second-order valence-electron chi connectivity index (χ2n) is 2.76. The van der Waals surface area contributed by atoms with Crippen LogP contribution in [0.3, 0.4) is 0 Å². The molecule has 0 spiro atoms. The molecule has 1 saturated heterocycles. The summed E-state index contributed by atoms with van der Waals surface area (Å²) < 4.78 is 4.96. The molecule has 0 aliphatic carbocycles. The van der Waals surface area contributed by atoms with Crippen molar-refractivity contribution in [1.82, 2.24) is 4.90 Å². The van der Waals surface area contributed by atoms with Gasteiger partial charge in [-0.15, -0.1) is 0 Å². The second-order valence-corrected chi connectivity index (χ2v) is 3.38. The summed E-state index contributed by atoms with van der Waals surface area (Å²) in [6, 6.07) is 0.409. The van der Waals surface area contributed by atoms with Crippen LogP contribution >= 0.6 is 23.0 Å². The third-order valence-corrected chi connectivity index (χ3v) is 2.28. The average Bonchev–Trinajstić information content (AvgIpc) is 2.13. The molecule has 1 aliphatic heterocycles. The first kappa shape index (κ1) is 8.70. The summed E-state index contributed by atoms with van der Waals surface area (Å²) in [7, 11) is 2.01. The molecule has 2 atom stereocenters. The van der Waals surface area contributed by atoms with Crippen molar-refractivity contribution in [2.75, 3.05) is 20.2 Å². The third-order valence-electron chi connectivity index (χ3n) is 1.92. The quantitative estimate of drug-likeness (QED) is 0.728. The Hall–Kier alpha value is 0.610. The lowest BCUT2D eigenvalue weighted by Crippen LogP contribution is -2.28. The number of likely N-dealkylation sites (tertiary alicyclic amines) is 1. The minimum Gasteiger partial charge on any atom is -0.392 e. The maximum absolute atomic E-state index is 9.20. The van der Waals surface area contributed by atoms with Crippen LogP contribution in [-0.4, -0.2) is 42.4 Å².